The standard InChI is InChI=1S/C31H38FN6O8P/c1-18(28(39)44-20-12-5-4-6-13-20)37-47(41,46-22-15-9-11-19-10-7-8-14-21(19)22)43-16-23-25(32)31(2,40)29(45-23)38-17-34-24-26(38)35-30(33)36-27(24)42-3/h7-11,14-15,17-18,20,23,25,29,40H,4-6,12-13,16H2,1-3H3,(H,37,41)(H2,33,35,36). The van der Waals surface area contributed by atoms with Crippen LogP contribution in [-0.4, -0.2) is 74.3 Å². The molecule has 2 aliphatic rings. The van der Waals surface area contributed by atoms with Crippen LogP contribution < -0.4 is 20.1 Å². The summed E-state index contributed by atoms with van der Waals surface area (Å²) in [7, 11) is -3.03. The van der Waals surface area contributed by atoms with Gasteiger partial charge in [-0.1, -0.05) is 42.8 Å². The molecule has 6 rings (SSSR count). The van der Waals surface area contributed by atoms with Gasteiger partial charge in [0.2, 0.25) is 11.8 Å². The molecule has 1 saturated carbocycles. The first-order valence-corrected chi connectivity index (χ1v) is 17.0. The van der Waals surface area contributed by atoms with Crippen molar-refractivity contribution in [1.82, 2.24) is 24.6 Å². The molecule has 2 aromatic carbocycles. The van der Waals surface area contributed by atoms with Gasteiger partial charge in [0, 0.05) is 5.39 Å². The quantitative estimate of drug-likeness (QED) is 0.148. The second kappa shape index (κ2) is 13.3. The van der Waals surface area contributed by atoms with Gasteiger partial charge in [-0.15, -0.1) is 0 Å². The molecule has 4 aromatic rings. The lowest BCUT2D eigenvalue weighted by Gasteiger charge is -2.27. The van der Waals surface area contributed by atoms with Crippen LogP contribution >= 0.6 is 7.75 Å². The SMILES string of the molecule is COc1nc(N)nc2c1ncn2C1OC(COP(=O)(NC(C)C(=O)OC2CCCCC2)Oc2cccc3ccccc23)C(F)C1(C)O. The summed E-state index contributed by atoms with van der Waals surface area (Å²) in [6.07, 6.45) is 0.813. The number of benzene rings is 2. The van der Waals surface area contributed by atoms with Crippen molar-refractivity contribution in [2.45, 2.75) is 82.2 Å². The Bertz CT molecular complexity index is 1800. The number of halogens is 1. The van der Waals surface area contributed by atoms with Crippen LogP contribution in [0.3, 0.4) is 0 Å². The number of rotatable bonds is 11. The molecule has 1 aliphatic heterocycles. The Labute approximate surface area is 270 Å². The Hall–Kier alpha value is -3.88. The van der Waals surface area contributed by atoms with Gasteiger partial charge in [0.15, 0.2) is 23.6 Å². The number of carbonyl (C=O) groups excluding carboxylic acids is 1. The summed E-state index contributed by atoms with van der Waals surface area (Å²) in [5.74, 6) is -0.431. The third-order valence-electron chi connectivity index (χ3n) is 8.46. The number of nitrogens with one attached hydrogen (secondary N) is 1. The molecule has 252 valence electrons. The maximum Gasteiger partial charge on any atom is 0.459 e. The van der Waals surface area contributed by atoms with Crippen molar-refractivity contribution in [2.75, 3.05) is 19.5 Å². The number of fused-ring (bicyclic) bond motifs is 2. The number of anilines is 1. The Balaban J connectivity index is 1.24. The highest BCUT2D eigenvalue weighted by Gasteiger charge is 2.55. The number of methoxy groups -OCH3 is 1. The van der Waals surface area contributed by atoms with Gasteiger partial charge in [0.25, 0.3) is 0 Å². The number of nitrogens with two attached hydrogens (primary N) is 1. The lowest BCUT2D eigenvalue weighted by Crippen LogP contribution is -2.42. The molecule has 1 saturated heterocycles. The normalized spacial score (nSPS) is 25.4. The molecule has 2 fully saturated rings. The van der Waals surface area contributed by atoms with E-state index in [1.807, 2.05) is 18.2 Å². The van der Waals surface area contributed by atoms with E-state index in [9.17, 15) is 14.5 Å². The molecular weight excluding hydrogens is 634 g/mol. The summed E-state index contributed by atoms with van der Waals surface area (Å²) in [4.78, 5) is 25.4. The number of alkyl halides is 1. The summed E-state index contributed by atoms with van der Waals surface area (Å²) < 4.78 is 60.2. The minimum absolute atomic E-state index is 0.0919. The number of nitrogen functional groups attached to an aromatic ring is 1. The molecule has 2 aromatic heterocycles. The minimum atomic E-state index is -4.42. The molecule has 0 amide bonds. The topological polar surface area (TPSA) is 182 Å². The number of carbonyl (C=O) groups is 1. The van der Waals surface area contributed by atoms with E-state index < -0.39 is 50.5 Å². The first kappa shape index (κ1) is 33.0. The fourth-order valence-corrected chi connectivity index (χ4v) is 7.50. The second-order valence-electron chi connectivity index (χ2n) is 12.0. The minimum Gasteiger partial charge on any atom is -0.479 e. The Morgan fingerprint density at radius 2 is 1.96 bits per heavy atom. The summed E-state index contributed by atoms with van der Waals surface area (Å²) >= 11 is 0. The van der Waals surface area contributed by atoms with Crippen molar-refractivity contribution in [3.05, 3.63) is 48.8 Å². The first-order chi connectivity index (χ1) is 22.5. The summed E-state index contributed by atoms with van der Waals surface area (Å²) in [6, 6.07) is 11.4. The van der Waals surface area contributed by atoms with Crippen LogP contribution in [0.4, 0.5) is 10.3 Å². The van der Waals surface area contributed by atoms with Crippen LogP contribution in [-0.2, 0) is 23.4 Å². The molecule has 0 radical (unpaired) electrons. The zero-order valence-electron chi connectivity index (χ0n) is 26.2. The van der Waals surface area contributed by atoms with Crippen molar-refractivity contribution in [3.63, 3.8) is 0 Å². The predicted molar refractivity (Wildman–Crippen MR) is 169 cm³/mol. The average Bonchev–Trinajstić information content (AvgIpc) is 3.57. The van der Waals surface area contributed by atoms with Crippen LogP contribution in [0.25, 0.3) is 21.9 Å². The van der Waals surface area contributed by atoms with Crippen molar-refractivity contribution >= 4 is 41.6 Å². The largest absolute Gasteiger partial charge is 0.479 e. The van der Waals surface area contributed by atoms with Crippen molar-refractivity contribution in [2.24, 2.45) is 0 Å². The molecule has 3 heterocycles. The highest BCUT2D eigenvalue weighted by molar-refractivity contribution is 7.52. The van der Waals surface area contributed by atoms with Crippen LogP contribution in [0.5, 0.6) is 11.6 Å². The smallest absolute Gasteiger partial charge is 0.459 e. The Kier molecular flexibility index (Phi) is 9.36. The van der Waals surface area contributed by atoms with Gasteiger partial charge in [0.05, 0.1) is 20.0 Å². The number of nitrogens with zero attached hydrogens (tertiary/aromatic N) is 4. The Morgan fingerprint density at radius 1 is 1.21 bits per heavy atom. The fourth-order valence-electron chi connectivity index (χ4n) is 5.98. The fraction of sp³-hybridized carbons (Fsp3) is 0.484. The molecule has 14 nitrogen and oxygen atoms in total. The van der Waals surface area contributed by atoms with E-state index in [-0.39, 0.29) is 34.8 Å². The van der Waals surface area contributed by atoms with Gasteiger partial charge in [-0.2, -0.15) is 15.1 Å². The van der Waals surface area contributed by atoms with E-state index in [0.29, 0.717) is 5.39 Å². The molecule has 0 bridgehead atoms. The van der Waals surface area contributed by atoms with E-state index in [0.717, 1.165) is 37.5 Å². The molecule has 0 spiro atoms. The number of hydrogen-bond donors (Lipinski definition) is 3. The van der Waals surface area contributed by atoms with Crippen molar-refractivity contribution in [1.29, 1.82) is 0 Å². The third kappa shape index (κ3) is 6.76. The van der Waals surface area contributed by atoms with Gasteiger partial charge in [-0.05, 0) is 51.0 Å². The maximum atomic E-state index is 15.9. The average molecular weight is 673 g/mol. The van der Waals surface area contributed by atoms with E-state index in [2.05, 4.69) is 20.0 Å². The van der Waals surface area contributed by atoms with Crippen LogP contribution in [0.1, 0.15) is 52.2 Å². The van der Waals surface area contributed by atoms with Crippen LogP contribution in [0.2, 0.25) is 0 Å². The van der Waals surface area contributed by atoms with Gasteiger partial charge in [-0.3, -0.25) is 13.9 Å². The zero-order chi connectivity index (χ0) is 33.3. The van der Waals surface area contributed by atoms with Gasteiger partial charge in [0.1, 0.15) is 29.6 Å². The molecule has 1 aliphatic carbocycles. The third-order valence-corrected chi connectivity index (χ3v) is 10.1. The van der Waals surface area contributed by atoms with E-state index >= 15 is 4.39 Å². The summed E-state index contributed by atoms with van der Waals surface area (Å²) in [6.45, 7) is 2.12. The van der Waals surface area contributed by atoms with Gasteiger partial charge >= 0.3 is 13.7 Å². The molecule has 6 atom stereocenters. The monoisotopic (exact) mass is 672 g/mol. The van der Waals surface area contributed by atoms with E-state index in [4.69, 9.17) is 29.0 Å². The number of ether oxygens (including phenoxy) is 3. The van der Waals surface area contributed by atoms with Gasteiger partial charge in [-0.25, -0.2) is 13.9 Å². The summed E-state index contributed by atoms with van der Waals surface area (Å²) in [5, 5.41) is 15.4. The molecule has 4 N–H and O–H groups in total. The number of aromatic nitrogens is 4. The predicted octanol–water partition coefficient (Wildman–Crippen LogP) is 4.61. The lowest BCUT2D eigenvalue weighted by molar-refractivity contribution is -0.152. The molecule has 47 heavy (non-hydrogen) atoms. The molecule has 16 heteroatoms. The van der Waals surface area contributed by atoms with Crippen LogP contribution in [0.15, 0.2) is 48.8 Å². The van der Waals surface area contributed by atoms with Crippen molar-refractivity contribution < 1.29 is 42.1 Å². The number of hydrogen-bond acceptors (Lipinski definition) is 12. The van der Waals surface area contributed by atoms with Crippen LogP contribution in [0, 0.1) is 0 Å². The van der Waals surface area contributed by atoms with Crippen molar-refractivity contribution in [3.8, 4) is 11.6 Å². The summed E-state index contributed by atoms with van der Waals surface area (Å²) in [5.41, 5.74) is 4.09. The maximum absolute atomic E-state index is 15.9. The van der Waals surface area contributed by atoms with E-state index in [1.54, 1.807) is 24.3 Å². The van der Waals surface area contributed by atoms with E-state index in [1.165, 1.54) is 31.9 Å². The second-order valence-corrected chi connectivity index (χ2v) is 13.7. The molecular formula is C31H38FN6O8P. The molecule has 6 unspecified atom stereocenters. The highest BCUT2D eigenvalue weighted by Crippen LogP contribution is 2.49. The lowest BCUT2D eigenvalue weighted by atomic mass is 9.98. The number of aliphatic hydroxyl groups is 1. The highest BCUT2D eigenvalue weighted by atomic mass is 31.2. The number of imidazole rings is 1. The Morgan fingerprint density at radius 3 is 2.72 bits per heavy atom. The zero-order valence-corrected chi connectivity index (χ0v) is 27.1. The first-order valence-electron chi connectivity index (χ1n) is 15.5. The number of esters is 1. The van der Waals surface area contributed by atoms with Gasteiger partial charge < -0.3 is 29.6 Å².